The van der Waals surface area contributed by atoms with Crippen molar-refractivity contribution in [3.8, 4) is 0 Å². The number of hydrogen-bond acceptors (Lipinski definition) is 4. The molecule has 5 nitrogen and oxygen atoms in total. The normalized spacial score (nSPS) is 23.6. The molecule has 2 unspecified atom stereocenters. The van der Waals surface area contributed by atoms with Crippen molar-refractivity contribution >= 4 is 15.7 Å². The highest BCUT2D eigenvalue weighted by Crippen LogP contribution is 2.32. The third kappa shape index (κ3) is 4.80. The second-order valence-electron chi connectivity index (χ2n) is 6.91. The van der Waals surface area contributed by atoms with E-state index >= 15 is 0 Å². The summed E-state index contributed by atoms with van der Waals surface area (Å²) in [7, 11) is -1.95. The average Bonchev–Trinajstić information content (AvgIpc) is 2.54. The minimum Gasteiger partial charge on any atom is -0.399 e. The molecule has 1 aromatic carbocycles. The van der Waals surface area contributed by atoms with Gasteiger partial charge in [-0.2, -0.15) is 0 Å². The van der Waals surface area contributed by atoms with Crippen LogP contribution in [0.25, 0.3) is 0 Å². The summed E-state index contributed by atoms with van der Waals surface area (Å²) in [5.74, 6) is 1.28. The molecule has 1 N–H and O–H groups in total. The first-order chi connectivity index (χ1) is 11.3. The molecule has 0 heterocycles. The van der Waals surface area contributed by atoms with Crippen molar-refractivity contribution in [2.24, 2.45) is 22.9 Å². The van der Waals surface area contributed by atoms with Crippen molar-refractivity contribution in [1.29, 1.82) is 0 Å². The zero-order valence-electron chi connectivity index (χ0n) is 15.0. The van der Waals surface area contributed by atoms with E-state index in [1.54, 1.807) is 31.4 Å². The number of rotatable bonds is 6. The summed E-state index contributed by atoms with van der Waals surface area (Å²) < 4.78 is 27.6. The smallest absolute Gasteiger partial charge is 0.240 e. The van der Waals surface area contributed by atoms with Crippen molar-refractivity contribution in [3.05, 3.63) is 29.8 Å². The lowest BCUT2D eigenvalue weighted by molar-refractivity contribution is 0.203. The highest BCUT2D eigenvalue weighted by atomic mass is 32.2. The Morgan fingerprint density at radius 3 is 2.50 bits per heavy atom. The molecule has 1 saturated carbocycles. The van der Waals surface area contributed by atoms with Gasteiger partial charge < -0.3 is 4.84 Å². The molecular weight excluding hydrogens is 324 g/mol. The Morgan fingerprint density at radius 1 is 1.25 bits per heavy atom. The van der Waals surface area contributed by atoms with Crippen molar-refractivity contribution < 1.29 is 13.3 Å². The number of nitrogens with one attached hydrogen (secondary N) is 1. The zero-order chi connectivity index (χ0) is 17.7. The summed E-state index contributed by atoms with van der Waals surface area (Å²) in [6.07, 6.45) is 2.90. The van der Waals surface area contributed by atoms with Gasteiger partial charge in [-0.3, -0.25) is 0 Å². The molecule has 2 atom stereocenters. The van der Waals surface area contributed by atoms with E-state index in [0.717, 1.165) is 30.5 Å². The van der Waals surface area contributed by atoms with Crippen LogP contribution in [0.3, 0.4) is 0 Å². The van der Waals surface area contributed by atoms with E-state index in [2.05, 4.69) is 23.7 Å². The van der Waals surface area contributed by atoms with Gasteiger partial charge in [0.2, 0.25) is 10.0 Å². The first-order valence-corrected chi connectivity index (χ1v) is 9.98. The molecule has 2 rings (SSSR count). The van der Waals surface area contributed by atoms with Crippen molar-refractivity contribution in [3.63, 3.8) is 0 Å². The fourth-order valence-electron chi connectivity index (χ4n) is 3.15. The van der Waals surface area contributed by atoms with E-state index in [1.165, 1.54) is 0 Å². The van der Waals surface area contributed by atoms with Crippen LogP contribution in [0.2, 0.25) is 0 Å². The molecular formula is C18H28N2O3S. The SMILES string of the molecule is CO/N=C1\CC(C(C)C)CCC1CNS(=O)(=O)c1ccc(C)cc1. The largest absolute Gasteiger partial charge is 0.399 e. The zero-order valence-corrected chi connectivity index (χ0v) is 15.8. The fraction of sp³-hybridized carbons (Fsp3) is 0.611. The van der Waals surface area contributed by atoms with E-state index in [-0.39, 0.29) is 5.92 Å². The van der Waals surface area contributed by atoms with Gasteiger partial charge in [-0.15, -0.1) is 0 Å². The summed E-state index contributed by atoms with van der Waals surface area (Å²) in [5, 5.41) is 4.16. The summed E-state index contributed by atoms with van der Waals surface area (Å²) in [4.78, 5) is 5.28. The quantitative estimate of drug-likeness (QED) is 0.798. The Bertz CT molecular complexity index is 666. The summed E-state index contributed by atoms with van der Waals surface area (Å²) in [5.41, 5.74) is 2.00. The summed E-state index contributed by atoms with van der Waals surface area (Å²) >= 11 is 0. The van der Waals surface area contributed by atoms with Crippen LogP contribution in [0.15, 0.2) is 34.3 Å². The van der Waals surface area contributed by atoms with Gasteiger partial charge in [-0.25, -0.2) is 13.1 Å². The monoisotopic (exact) mass is 352 g/mol. The number of hydrogen-bond donors (Lipinski definition) is 1. The highest BCUT2D eigenvalue weighted by Gasteiger charge is 2.30. The predicted molar refractivity (Wildman–Crippen MR) is 96.5 cm³/mol. The molecule has 1 fully saturated rings. The maximum Gasteiger partial charge on any atom is 0.240 e. The molecule has 0 saturated heterocycles. The van der Waals surface area contributed by atoms with Crippen LogP contribution in [0, 0.1) is 24.7 Å². The fourth-order valence-corrected chi connectivity index (χ4v) is 4.23. The predicted octanol–water partition coefficient (Wildman–Crippen LogP) is 3.35. The Morgan fingerprint density at radius 2 is 1.92 bits per heavy atom. The lowest BCUT2D eigenvalue weighted by atomic mass is 9.76. The third-order valence-electron chi connectivity index (χ3n) is 4.83. The maximum absolute atomic E-state index is 12.4. The van der Waals surface area contributed by atoms with Gasteiger partial charge in [-0.05, 0) is 50.2 Å². The number of oxime groups is 1. The van der Waals surface area contributed by atoms with Crippen LogP contribution in [0.4, 0.5) is 0 Å². The highest BCUT2D eigenvalue weighted by molar-refractivity contribution is 7.89. The standard InChI is InChI=1S/C18H28N2O3S/c1-13(2)15-7-8-16(18(11-15)20-23-4)12-19-24(21,22)17-9-5-14(3)6-10-17/h5-6,9-10,13,15-16,19H,7-8,11-12H2,1-4H3/b20-18+. The third-order valence-corrected chi connectivity index (χ3v) is 6.27. The molecule has 0 aromatic heterocycles. The van der Waals surface area contributed by atoms with Gasteiger partial charge in [0.15, 0.2) is 0 Å². The second-order valence-corrected chi connectivity index (χ2v) is 8.68. The Hall–Kier alpha value is -1.40. The Balaban J connectivity index is 2.04. The van der Waals surface area contributed by atoms with Crippen LogP contribution in [0.5, 0.6) is 0 Å². The molecule has 0 bridgehead atoms. The minimum absolute atomic E-state index is 0.0974. The molecule has 1 aromatic rings. The molecule has 134 valence electrons. The molecule has 0 amide bonds. The topological polar surface area (TPSA) is 67.8 Å². The Labute approximate surface area is 145 Å². The van der Waals surface area contributed by atoms with Crippen molar-refractivity contribution in [2.45, 2.75) is 44.9 Å². The van der Waals surface area contributed by atoms with E-state index < -0.39 is 10.0 Å². The number of sulfonamides is 1. The minimum atomic E-state index is -3.49. The van der Waals surface area contributed by atoms with E-state index in [1.807, 2.05) is 6.92 Å². The van der Waals surface area contributed by atoms with E-state index in [4.69, 9.17) is 4.84 Å². The first kappa shape index (κ1) is 18.9. The van der Waals surface area contributed by atoms with Crippen LogP contribution < -0.4 is 4.72 Å². The lowest BCUT2D eigenvalue weighted by Gasteiger charge is -2.31. The molecule has 0 aliphatic heterocycles. The lowest BCUT2D eigenvalue weighted by Crippen LogP contribution is -2.37. The van der Waals surface area contributed by atoms with Gasteiger partial charge in [0, 0.05) is 12.5 Å². The van der Waals surface area contributed by atoms with Crippen LogP contribution in [-0.4, -0.2) is 27.8 Å². The molecule has 0 spiro atoms. The number of nitrogens with zero attached hydrogens (tertiary/aromatic N) is 1. The van der Waals surface area contributed by atoms with Crippen molar-refractivity contribution in [1.82, 2.24) is 4.72 Å². The van der Waals surface area contributed by atoms with Crippen molar-refractivity contribution in [2.75, 3.05) is 13.7 Å². The molecule has 24 heavy (non-hydrogen) atoms. The molecule has 6 heteroatoms. The molecule has 0 radical (unpaired) electrons. The average molecular weight is 353 g/mol. The maximum atomic E-state index is 12.4. The Kier molecular flexibility index (Phi) is 6.40. The van der Waals surface area contributed by atoms with Gasteiger partial charge in [0.25, 0.3) is 0 Å². The van der Waals surface area contributed by atoms with Gasteiger partial charge >= 0.3 is 0 Å². The van der Waals surface area contributed by atoms with Crippen LogP contribution in [0.1, 0.15) is 38.7 Å². The van der Waals surface area contributed by atoms with Gasteiger partial charge in [0.1, 0.15) is 7.11 Å². The summed E-state index contributed by atoms with van der Waals surface area (Å²) in [6.45, 7) is 6.73. The van der Waals surface area contributed by atoms with Crippen LogP contribution >= 0.6 is 0 Å². The first-order valence-electron chi connectivity index (χ1n) is 8.49. The van der Waals surface area contributed by atoms with Gasteiger partial charge in [-0.1, -0.05) is 36.7 Å². The number of aryl methyl sites for hydroxylation is 1. The van der Waals surface area contributed by atoms with Crippen LogP contribution in [-0.2, 0) is 14.9 Å². The summed E-state index contributed by atoms with van der Waals surface area (Å²) in [6, 6.07) is 6.88. The van der Waals surface area contributed by atoms with E-state index in [0.29, 0.717) is 23.3 Å². The number of benzene rings is 1. The van der Waals surface area contributed by atoms with E-state index in [9.17, 15) is 8.42 Å². The second kappa shape index (κ2) is 8.12. The van der Waals surface area contributed by atoms with Gasteiger partial charge in [0.05, 0.1) is 10.6 Å². The molecule has 1 aliphatic rings. The molecule has 1 aliphatic carbocycles.